The van der Waals surface area contributed by atoms with Crippen molar-refractivity contribution in [2.24, 2.45) is 0 Å². The van der Waals surface area contributed by atoms with Crippen LogP contribution in [0.15, 0.2) is 48.5 Å². The van der Waals surface area contributed by atoms with Crippen molar-refractivity contribution in [1.82, 2.24) is 0 Å². The van der Waals surface area contributed by atoms with Crippen LogP contribution >= 0.6 is 23.4 Å². The van der Waals surface area contributed by atoms with E-state index < -0.39 is 0 Å². The Hall–Kier alpha value is -1.98. The van der Waals surface area contributed by atoms with Crippen LogP contribution in [0.5, 0.6) is 0 Å². The lowest BCUT2D eigenvalue weighted by Crippen LogP contribution is -2.16. The molecular weight excluding hydrogens is 346 g/mol. The minimum atomic E-state index is -0.349. The maximum atomic E-state index is 11.8. The number of anilines is 1. The van der Waals surface area contributed by atoms with E-state index in [-0.39, 0.29) is 30.0 Å². The van der Waals surface area contributed by atoms with E-state index in [4.69, 9.17) is 16.3 Å². The third-order valence-electron chi connectivity index (χ3n) is 3.10. The van der Waals surface area contributed by atoms with E-state index in [1.54, 1.807) is 24.3 Å². The van der Waals surface area contributed by atoms with Crippen LogP contribution in [0.2, 0.25) is 5.02 Å². The topological polar surface area (TPSA) is 55.4 Å². The van der Waals surface area contributed by atoms with Gasteiger partial charge in [-0.25, -0.2) is 0 Å². The highest BCUT2D eigenvalue weighted by atomic mass is 35.5. The number of ether oxygens (including phenoxy) is 1. The highest BCUT2D eigenvalue weighted by Gasteiger charge is 2.07. The van der Waals surface area contributed by atoms with Gasteiger partial charge in [0.2, 0.25) is 5.91 Å². The first-order chi connectivity index (χ1) is 11.5. The predicted octanol–water partition coefficient (Wildman–Crippen LogP) is 4.06. The summed E-state index contributed by atoms with van der Waals surface area (Å²) in [5.41, 5.74) is 2.75. The van der Waals surface area contributed by atoms with Crippen molar-refractivity contribution in [3.05, 3.63) is 64.7 Å². The fourth-order valence-electron chi connectivity index (χ4n) is 1.85. The summed E-state index contributed by atoms with van der Waals surface area (Å²) in [5, 5.41) is 3.42. The molecule has 0 radical (unpaired) electrons. The lowest BCUT2D eigenvalue weighted by atomic mass is 10.2. The normalized spacial score (nSPS) is 10.2. The van der Waals surface area contributed by atoms with Crippen LogP contribution in [0.1, 0.15) is 11.1 Å². The number of hydrogen-bond acceptors (Lipinski definition) is 4. The first kappa shape index (κ1) is 18.4. The monoisotopic (exact) mass is 363 g/mol. The Balaban J connectivity index is 1.63. The molecule has 4 nitrogen and oxygen atoms in total. The predicted molar refractivity (Wildman–Crippen MR) is 98.4 cm³/mol. The number of rotatable bonds is 7. The number of esters is 1. The highest BCUT2D eigenvalue weighted by Crippen LogP contribution is 2.12. The van der Waals surface area contributed by atoms with Crippen molar-refractivity contribution < 1.29 is 14.3 Å². The number of hydrogen-bond donors (Lipinski definition) is 1. The Kier molecular flexibility index (Phi) is 7.15. The zero-order chi connectivity index (χ0) is 17.4. The van der Waals surface area contributed by atoms with Crippen molar-refractivity contribution in [2.45, 2.75) is 13.5 Å². The average molecular weight is 364 g/mol. The van der Waals surface area contributed by atoms with E-state index in [2.05, 4.69) is 5.32 Å². The molecule has 0 aliphatic heterocycles. The van der Waals surface area contributed by atoms with Gasteiger partial charge in [0.05, 0.1) is 11.5 Å². The van der Waals surface area contributed by atoms with E-state index in [1.165, 1.54) is 11.8 Å². The summed E-state index contributed by atoms with van der Waals surface area (Å²) in [6, 6.07) is 14.6. The average Bonchev–Trinajstić information content (AvgIpc) is 2.56. The van der Waals surface area contributed by atoms with Crippen LogP contribution in [0.4, 0.5) is 5.69 Å². The Bertz CT molecular complexity index is 686. The Morgan fingerprint density at radius 2 is 1.71 bits per heavy atom. The van der Waals surface area contributed by atoms with E-state index in [9.17, 15) is 9.59 Å². The molecule has 0 aliphatic carbocycles. The van der Waals surface area contributed by atoms with Gasteiger partial charge >= 0.3 is 5.97 Å². The van der Waals surface area contributed by atoms with Gasteiger partial charge in [0.25, 0.3) is 0 Å². The number of benzene rings is 2. The van der Waals surface area contributed by atoms with Crippen molar-refractivity contribution in [3.8, 4) is 0 Å². The Morgan fingerprint density at radius 1 is 1.04 bits per heavy atom. The van der Waals surface area contributed by atoms with Crippen LogP contribution in [0.3, 0.4) is 0 Å². The van der Waals surface area contributed by atoms with E-state index in [0.29, 0.717) is 5.02 Å². The molecule has 0 aliphatic rings. The van der Waals surface area contributed by atoms with Crippen LogP contribution < -0.4 is 5.32 Å². The molecule has 6 heteroatoms. The minimum Gasteiger partial charge on any atom is -0.460 e. The molecule has 0 saturated heterocycles. The van der Waals surface area contributed by atoms with Gasteiger partial charge in [-0.3, -0.25) is 9.59 Å². The van der Waals surface area contributed by atoms with Crippen LogP contribution in [-0.2, 0) is 20.9 Å². The zero-order valence-corrected chi connectivity index (χ0v) is 14.8. The SMILES string of the molecule is Cc1ccc(NC(=O)CSCC(=O)OCc2ccc(Cl)cc2)cc1. The fraction of sp³-hybridized carbons (Fsp3) is 0.222. The molecule has 0 aromatic heterocycles. The molecule has 24 heavy (non-hydrogen) atoms. The lowest BCUT2D eigenvalue weighted by molar-refractivity contribution is -0.141. The van der Waals surface area contributed by atoms with Gasteiger partial charge < -0.3 is 10.1 Å². The summed E-state index contributed by atoms with van der Waals surface area (Å²) in [5.74, 6) is -0.161. The molecule has 2 aromatic rings. The molecule has 0 saturated carbocycles. The molecule has 126 valence electrons. The number of halogens is 1. The molecule has 0 bridgehead atoms. The number of amides is 1. The van der Waals surface area contributed by atoms with Gasteiger partial charge in [-0.05, 0) is 36.8 Å². The summed E-state index contributed by atoms with van der Waals surface area (Å²) in [4.78, 5) is 23.5. The second-order valence-corrected chi connectivity index (χ2v) is 6.62. The van der Waals surface area contributed by atoms with Crippen LogP contribution in [0.25, 0.3) is 0 Å². The van der Waals surface area contributed by atoms with Gasteiger partial charge in [0.1, 0.15) is 6.61 Å². The van der Waals surface area contributed by atoms with Crippen molar-refractivity contribution in [2.75, 3.05) is 16.8 Å². The minimum absolute atomic E-state index is 0.134. The van der Waals surface area contributed by atoms with Crippen LogP contribution in [-0.4, -0.2) is 23.4 Å². The van der Waals surface area contributed by atoms with Gasteiger partial charge in [0, 0.05) is 10.7 Å². The molecule has 0 spiro atoms. The lowest BCUT2D eigenvalue weighted by Gasteiger charge is -2.06. The van der Waals surface area contributed by atoms with Gasteiger partial charge in [-0.2, -0.15) is 0 Å². The Morgan fingerprint density at radius 3 is 2.38 bits per heavy atom. The summed E-state index contributed by atoms with van der Waals surface area (Å²) in [6.45, 7) is 2.18. The summed E-state index contributed by atoms with van der Waals surface area (Å²) in [6.07, 6.45) is 0. The molecular formula is C18H18ClNO3S. The van der Waals surface area contributed by atoms with E-state index >= 15 is 0 Å². The second-order valence-electron chi connectivity index (χ2n) is 5.19. The molecule has 1 amide bonds. The van der Waals surface area contributed by atoms with Crippen LogP contribution in [0, 0.1) is 6.92 Å². The molecule has 0 heterocycles. The first-order valence-corrected chi connectivity index (χ1v) is 8.90. The van der Waals surface area contributed by atoms with Gasteiger partial charge in [0.15, 0.2) is 0 Å². The third kappa shape index (κ3) is 6.64. The highest BCUT2D eigenvalue weighted by molar-refractivity contribution is 8.00. The molecule has 2 rings (SSSR count). The third-order valence-corrected chi connectivity index (χ3v) is 4.26. The molecule has 1 N–H and O–H groups in total. The van der Waals surface area contributed by atoms with Crippen molar-refractivity contribution >= 4 is 40.9 Å². The summed E-state index contributed by atoms with van der Waals surface area (Å²) >= 11 is 7.01. The molecule has 0 fully saturated rings. The summed E-state index contributed by atoms with van der Waals surface area (Å²) < 4.78 is 5.15. The smallest absolute Gasteiger partial charge is 0.316 e. The maximum absolute atomic E-state index is 11.8. The first-order valence-electron chi connectivity index (χ1n) is 7.37. The quantitative estimate of drug-likeness (QED) is 0.753. The largest absolute Gasteiger partial charge is 0.460 e. The van der Waals surface area contributed by atoms with Crippen molar-refractivity contribution in [1.29, 1.82) is 0 Å². The maximum Gasteiger partial charge on any atom is 0.316 e. The zero-order valence-electron chi connectivity index (χ0n) is 13.3. The van der Waals surface area contributed by atoms with E-state index in [1.807, 2.05) is 31.2 Å². The number of thioether (sulfide) groups is 1. The molecule has 0 atom stereocenters. The van der Waals surface area contributed by atoms with Gasteiger partial charge in [-0.15, -0.1) is 11.8 Å². The Labute approximate surface area is 150 Å². The molecule has 0 unspecified atom stereocenters. The molecule has 2 aromatic carbocycles. The standard InChI is InChI=1S/C18H18ClNO3S/c1-13-2-8-16(9-3-13)20-17(21)11-24-12-18(22)23-10-14-4-6-15(19)7-5-14/h2-9H,10-12H2,1H3,(H,20,21). The number of carbonyl (C=O) groups excluding carboxylic acids is 2. The second kappa shape index (κ2) is 9.35. The number of nitrogens with one attached hydrogen (secondary N) is 1. The van der Waals surface area contributed by atoms with Gasteiger partial charge in [-0.1, -0.05) is 41.4 Å². The van der Waals surface area contributed by atoms with E-state index in [0.717, 1.165) is 16.8 Å². The number of carbonyl (C=O) groups is 2. The fourth-order valence-corrected chi connectivity index (χ4v) is 2.58. The summed E-state index contributed by atoms with van der Waals surface area (Å²) in [7, 11) is 0. The number of aryl methyl sites for hydroxylation is 1. The van der Waals surface area contributed by atoms with Crippen molar-refractivity contribution in [3.63, 3.8) is 0 Å².